The Labute approximate surface area is 158 Å². The molecule has 4 aromatic rings. The lowest BCUT2D eigenvalue weighted by atomic mass is 10.2. The van der Waals surface area contributed by atoms with Crippen molar-refractivity contribution in [2.24, 2.45) is 14.1 Å². The molecule has 0 unspecified atom stereocenters. The summed E-state index contributed by atoms with van der Waals surface area (Å²) >= 11 is 0. The number of hydrogen-bond acceptors (Lipinski definition) is 3. The lowest BCUT2D eigenvalue weighted by molar-refractivity contribution is -0.647. The molecule has 3 aromatic heterocycles. The third-order valence-corrected chi connectivity index (χ3v) is 5.68. The molecule has 6 nitrogen and oxygen atoms in total. The van der Waals surface area contributed by atoms with Gasteiger partial charge in [0.05, 0.1) is 18.1 Å². The van der Waals surface area contributed by atoms with Gasteiger partial charge in [-0.1, -0.05) is 12.1 Å². The predicted octanol–water partition coefficient (Wildman–Crippen LogP) is 2.89. The Morgan fingerprint density at radius 1 is 1.00 bits per heavy atom. The lowest BCUT2D eigenvalue weighted by Crippen LogP contribution is -2.43. The van der Waals surface area contributed by atoms with Crippen molar-refractivity contribution in [3.8, 4) is 11.4 Å². The van der Waals surface area contributed by atoms with Crippen LogP contribution in [0.1, 0.15) is 6.92 Å². The fraction of sp³-hybridized carbons (Fsp3) is 0.238. The Hall–Kier alpha value is -3.28. The maximum atomic E-state index is 4.80. The van der Waals surface area contributed by atoms with Crippen LogP contribution in [0.4, 0.5) is 5.82 Å². The normalized spacial score (nSPS) is 17.0. The summed E-state index contributed by atoms with van der Waals surface area (Å²) in [6.45, 7) is 2.20. The topological polar surface area (TPSA) is 32.6 Å². The third-order valence-electron chi connectivity index (χ3n) is 5.68. The zero-order valence-electron chi connectivity index (χ0n) is 16.0. The molecular formula is C21H23N6+. The Bertz CT molecular complexity index is 1200. The molecule has 5 rings (SSSR count). The zero-order chi connectivity index (χ0) is 18.7. The number of anilines is 1. The Morgan fingerprint density at radius 2 is 1.81 bits per heavy atom. The van der Waals surface area contributed by atoms with Crippen molar-refractivity contribution in [2.45, 2.75) is 13.1 Å². The Balaban J connectivity index is 1.68. The van der Waals surface area contributed by atoms with Gasteiger partial charge in [0.1, 0.15) is 11.9 Å². The first-order valence-corrected chi connectivity index (χ1v) is 9.17. The fourth-order valence-electron chi connectivity index (χ4n) is 3.93. The van der Waals surface area contributed by atoms with E-state index in [9.17, 15) is 0 Å². The molecule has 27 heavy (non-hydrogen) atoms. The van der Waals surface area contributed by atoms with Crippen molar-refractivity contribution < 1.29 is 4.57 Å². The molecule has 4 heterocycles. The van der Waals surface area contributed by atoms with E-state index >= 15 is 0 Å². The van der Waals surface area contributed by atoms with E-state index in [-0.39, 0.29) is 0 Å². The van der Waals surface area contributed by atoms with Crippen molar-refractivity contribution >= 4 is 22.6 Å². The van der Waals surface area contributed by atoms with E-state index in [4.69, 9.17) is 4.98 Å². The van der Waals surface area contributed by atoms with Crippen molar-refractivity contribution in [1.82, 2.24) is 18.9 Å². The van der Waals surface area contributed by atoms with Crippen LogP contribution in [0.5, 0.6) is 0 Å². The first-order chi connectivity index (χ1) is 13.1. The third kappa shape index (κ3) is 2.19. The van der Waals surface area contributed by atoms with Gasteiger partial charge < -0.3 is 9.47 Å². The molecule has 1 aliphatic rings. The van der Waals surface area contributed by atoms with E-state index in [1.165, 1.54) is 0 Å². The molecule has 0 aliphatic carbocycles. The van der Waals surface area contributed by atoms with Gasteiger partial charge in [0, 0.05) is 32.6 Å². The second-order valence-electron chi connectivity index (χ2n) is 7.17. The van der Waals surface area contributed by atoms with Gasteiger partial charge >= 0.3 is 0 Å². The Kier molecular flexibility index (Phi) is 3.31. The molecule has 0 bridgehead atoms. The van der Waals surface area contributed by atoms with E-state index in [0.29, 0.717) is 6.17 Å². The van der Waals surface area contributed by atoms with Gasteiger partial charge in [-0.15, -0.1) is 0 Å². The standard InChI is InChI=1S/C21H23N6/c1-15-23(2)12-13-26(15)20-11-7-10-18(24(20)3)19-14-27-17-9-6-5-8-16(17)22-21(27)25(19)4/h5-15H,1-4H3/q+1/t15-/m0/s1. The first-order valence-electron chi connectivity index (χ1n) is 9.17. The minimum Gasteiger partial charge on any atom is -0.339 e. The van der Waals surface area contributed by atoms with Crippen LogP contribution in [0, 0.1) is 0 Å². The van der Waals surface area contributed by atoms with E-state index < -0.39 is 0 Å². The summed E-state index contributed by atoms with van der Waals surface area (Å²) in [5.74, 6) is 2.11. The van der Waals surface area contributed by atoms with Crippen molar-refractivity contribution in [3.63, 3.8) is 0 Å². The van der Waals surface area contributed by atoms with Gasteiger partial charge in [0.15, 0.2) is 11.9 Å². The van der Waals surface area contributed by atoms with Crippen molar-refractivity contribution in [2.75, 3.05) is 11.9 Å². The number of nitrogens with zero attached hydrogens (tertiary/aromatic N) is 6. The number of aromatic nitrogens is 4. The van der Waals surface area contributed by atoms with E-state index in [2.05, 4.69) is 106 Å². The minimum absolute atomic E-state index is 0.293. The van der Waals surface area contributed by atoms with E-state index in [0.717, 1.165) is 34.0 Å². The number of imidazole rings is 2. The van der Waals surface area contributed by atoms with Gasteiger partial charge in [-0.25, -0.2) is 14.5 Å². The van der Waals surface area contributed by atoms with Crippen molar-refractivity contribution in [3.05, 3.63) is 61.1 Å². The predicted molar refractivity (Wildman–Crippen MR) is 107 cm³/mol. The highest BCUT2D eigenvalue weighted by molar-refractivity contribution is 5.81. The molecule has 0 amide bonds. The molecule has 1 atom stereocenters. The summed E-state index contributed by atoms with van der Waals surface area (Å²) in [6, 6.07) is 14.7. The molecule has 1 aromatic carbocycles. The molecule has 136 valence electrons. The van der Waals surface area contributed by atoms with Crippen molar-refractivity contribution in [1.29, 1.82) is 0 Å². The number of pyridine rings is 1. The molecule has 0 saturated heterocycles. The fourth-order valence-corrected chi connectivity index (χ4v) is 3.93. The van der Waals surface area contributed by atoms with Gasteiger partial charge in [-0.05, 0) is 31.2 Å². The number of para-hydroxylation sites is 2. The van der Waals surface area contributed by atoms with Crippen LogP contribution in [0.15, 0.2) is 61.1 Å². The molecule has 0 spiro atoms. The van der Waals surface area contributed by atoms with Crippen LogP contribution >= 0.6 is 0 Å². The van der Waals surface area contributed by atoms with Crippen LogP contribution in [0.25, 0.3) is 28.2 Å². The highest BCUT2D eigenvalue weighted by atomic mass is 15.4. The van der Waals surface area contributed by atoms with Crippen LogP contribution in [-0.2, 0) is 14.1 Å². The van der Waals surface area contributed by atoms with E-state index in [1.54, 1.807) is 0 Å². The zero-order valence-corrected chi connectivity index (χ0v) is 16.0. The van der Waals surface area contributed by atoms with Crippen LogP contribution in [0.3, 0.4) is 0 Å². The van der Waals surface area contributed by atoms with Gasteiger partial charge in [-0.3, -0.25) is 4.40 Å². The quantitative estimate of drug-likeness (QED) is 0.516. The monoisotopic (exact) mass is 359 g/mol. The SMILES string of the molecule is C[C@H]1N(C)C=CN1c1cccc(-c2cn3c4ccccc4nc3n2C)[n+]1C. The summed E-state index contributed by atoms with van der Waals surface area (Å²) < 4.78 is 6.58. The van der Waals surface area contributed by atoms with Gasteiger partial charge in [0.25, 0.3) is 5.82 Å². The number of rotatable bonds is 2. The summed E-state index contributed by atoms with van der Waals surface area (Å²) in [4.78, 5) is 9.29. The molecule has 0 fully saturated rings. The largest absolute Gasteiger partial charge is 0.339 e. The molecule has 0 N–H and O–H groups in total. The number of hydrogen-bond donors (Lipinski definition) is 0. The highest BCUT2D eigenvalue weighted by Crippen LogP contribution is 2.26. The second kappa shape index (κ2) is 5.61. The number of fused-ring (bicyclic) bond motifs is 3. The molecule has 1 aliphatic heterocycles. The van der Waals surface area contributed by atoms with Crippen LogP contribution in [0.2, 0.25) is 0 Å². The maximum absolute atomic E-state index is 4.80. The highest BCUT2D eigenvalue weighted by Gasteiger charge is 2.30. The lowest BCUT2D eigenvalue weighted by Gasteiger charge is -2.21. The summed E-state index contributed by atoms with van der Waals surface area (Å²) in [6.07, 6.45) is 6.72. The summed E-state index contributed by atoms with van der Waals surface area (Å²) in [5.41, 5.74) is 4.44. The van der Waals surface area contributed by atoms with Gasteiger partial charge in [0.2, 0.25) is 5.78 Å². The number of benzene rings is 1. The summed E-state index contributed by atoms with van der Waals surface area (Å²) in [7, 11) is 6.30. The van der Waals surface area contributed by atoms with Crippen LogP contribution in [-0.4, -0.2) is 32.1 Å². The average molecular weight is 359 g/mol. The van der Waals surface area contributed by atoms with Gasteiger partial charge in [-0.2, -0.15) is 0 Å². The van der Waals surface area contributed by atoms with Crippen LogP contribution < -0.4 is 9.47 Å². The summed E-state index contributed by atoms with van der Waals surface area (Å²) in [5, 5.41) is 0. The molecule has 6 heteroatoms. The molecule has 0 saturated carbocycles. The second-order valence-corrected chi connectivity index (χ2v) is 7.17. The molecular weight excluding hydrogens is 336 g/mol. The first kappa shape index (κ1) is 15.9. The maximum Gasteiger partial charge on any atom is 0.283 e. The number of aryl methyl sites for hydroxylation is 1. The minimum atomic E-state index is 0.293. The smallest absolute Gasteiger partial charge is 0.283 e. The Morgan fingerprint density at radius 3 is 2.59 bits per heavy atom. The molecule has 0 radical (unpaired) electrons. The average Bonchev–Trinajstić information content (AvgIpc) is 3.30. The van der Waals surface area contributed by atoms with E-state index in [1.807, 2.05) is 6.07 Å².